The van der Waals surface area contributed by atoms with Gasteiger partial charge in [0.15, 0.2) is 0 Å². The molecule has 1 radical (unpaired) electrons. The molecule has 0 spiro atoms. The molecule has 0 N–H and O–H groups in total. The van der Waals surface area contributed by atoms with E-state index >= 15 is 0 Å². The van der Waals surface area contributed by atoms with E-state index in [1.807, 2.05) is 54.6 Å². The maximum absolute atomic E-state index is 6.41. The van der Waals surface area contributed by atoms with Gasteiger partial charge in [0.1, 0.15) is 0 Å². The van der Waals surface area contributed by atoms with Gasteiger partial charge in [0.25, 0.3) is 0 Å². The van der Waals surface area contributed by atoms with Gasteiger partial charge in [-0.15, -0.1) is 0 Å². The Morgan fingerprint density at radius 3 is 2.33 bits per heavy atom. The first-order valence-corrected chi connectivity index (χ1v) is 7.51. The van der Waals surface area contributed by atoms with E-state index in [4.69, 9.17) is 34.8 Å². The second kappa shape index (κ2) is 6.11. The third-order valence-corrected chi connectivity index (χ3v) is 4.08. The number of benzene rings is 3. The number of rotatable bonds is 2. The topological polar surface area (TPSA) is 0 Å². The van der Waals surface area contributed by atoms with Gasteiger partial charge in [0.2, 0.25) is 0 Å². The molecule has 21 heavy (non-hydrogen) atoms. The van der Waals surface area contributed by atoms with Crippen LogP contribution in [0.15, 0.2) is 60.7 Å². The normalized spacial score (nSPS) is 10.6. The molecule has 3 heteroatoms. The van der Waals surface area contributed by atoms with Crippen molar-refractivity contribution < 1.29 is 0 Å². The number of hydrogen-bond donors (Lipinski definition) is 0. The van der Waals surface area contributed by atoms with E-state index in [1.54, 1.807) is 6.07 Å². The number of hydrogen-bond acceptors (Lipinski definition) is 0. The van der Waals surface area contributed by atoms with Crippen LogP contribution in [0.2, 0.25) is 15.1 Å². The van der Waals surface area contributed by atoms with E-state index in [2.05, 4.69) is 6.07 Å². The average Bonchev–Trinajstić information content (AvgIpc) is 2.48. The van der Waals surface area contributed by atoms with Crippen molar-refractivity contribution in [3.05, 3.63) is 81.8 Å². The van der Waals surface area contributed by atoms with Crippen molar-refractivity contribution >= 4 is 34.8 Å². The maximum Gasteiger partial charge on any atom is 0.0491 e. The minimum absolute atomic E-state index is 0.636. The lowest BCUT2D eigenvalue weighted by Gasteiger charge is -2.13. The van der Waals surface area contributed by atoms with Gasteiger partial charge < -0.3 is 0 Å². The first-order chi connectivity index (χ1) is 10.2. The summed E-state index contributed by atoms with van der Waals surface area (Å²) in [7, 11) is 0. The molecule has 0 heterocycles. The summed E-state index contributed by atoms with van der Waals surface area (Å²) in [6.45, 7) is 0. The molecule has 3 aromatic carbocycles. The minimum atomic E-state index is 0.636. The Hall–Kier alpha value is -1.47. The van der Waals surface area contributed by atoms with Crippen molar-refractivity contribution in [2.24, 2.45) is 0 Å². The molecule has 0 saturated heterocycles. The molecular formula is C18H10Cl3. The van der Waals surface area contributed by atoms with E-state index in [0.29, 0.717) is 15.1 Å². The Kier molecular flexibility index (Phi) is 4.21. The van der Waals surface area contributed by atoms with Crippen LogP contribution in [-0.2, 0) is 0 Å². The molecule has 0 fully saturated rings. The lowest BCUT2D eigenvalue weighted by Crippen LogP contribution is -1.88. The zero-order chi connectivity index (χ0) is 14.8. The monoisotopic (exact) mass is 331 g/mol. The Labute approximate surface area is 138 Å². The fraction of sp³-hybridized carbons (Fsp3) is 0. The zero-order valence-corrected chi connectivity index (χ0v) is 13.2. The van der Waals surface area contributed by atoms with Gasteiger partial charge in [-0.25, -0.2) is 0 Å². The summed E-state index contributed by atoms with van der Waals surface area (Å²) in [4.78, 5) is 0. The second-order valence-corrected chi connectivity index (χ2v) is 5.82. The molecule has 0 nitrogen and oxygen atoms in total. The summed E-state index contributed by atoms with van der Waals surface area (Å²) in [6, 6.07) is 22.1. The molecule has 0 unspecified atom stereocenters. The molecule has 0 amide bonds. The quantitative estimate of drug-likeness (QED) is 0.485. The van der Waals surface area contributed by atoms with E-state index in [0.717, 1.165) is 22.3 Å². The lowest BCUT2D eigenvalue weighted by atomic mass is 9.94. The molecule has 0 aliphatic heterocycles. The van der Waals surface area contributed by atoms with Crippen molar-refractivity contribution in [3.63, 3.8) is 0 Å². The predicted molar refractivity (Wildman–Crippen MR) is 91.2 cm³/mol. The Bertz CT molecular complexity index is 794. The minimum Gasteiger partial charge on any atom is -0.0843 e. The van der Waals surface area contributed by atoms with E-state index in [9.17, 15) is 0 Å². The van der Waals surface area contributed by atoms with Crippen LogP contribution in [0.3, 0.4) is 0 Å². The maximum atomic E-state index is 6.41. The highest BCUT2D eigenvalue weighted by Gasteiger charge is 2.14. The summed E-state index contributed by atoms with van der Waals surface area (Å²) in [5, 5.41) is 1.96. The van der Waals surface area contributed by atoms with Gasteiger partial charge in [-0.1, -0.05) is 71.2 Å². The standard InChI is InChI=1S/C18H10Cl3/c19-13-6-3-5-12(11-13)14-8-4-10-17(21)18(14)15-7-1-2-9-16(15)20/h1-7,9-11H. The molecule has 3 aromatic rings. The third-order valence-electron chi connectivity index (χ3n) is 3.20. The van der Waals surface area contributed by atoms with Crippen molar-refractivity contribution in [1.82, 2.24) is 0 Å². The van der Waals surface area contributed by atoms with E-state index in [1.165, 1.54) is 0 Å². The molecule has 3 rings (SSSR count). The highest BCUT2D eigenvalue weighted by atomic mass is 35.5. The summed E-state index contributed by atoms with van der Waals surface area (Å²) >= 11 is 18.8. The Balaban J connectivity index is 2.29. The van der Waals surface area contributed by atoms with Crippen molar-refractivity contribution in [3.8, 4) is 22.3 Å². The van der Waals surface area contributed by atoms with Crippen molar-refractivity contribution in [1.29, 1.82) is 0 Å². The van der Waals surface area contributed by atoms with Crippen LogP contribution in [0.25, 0.3) is 22.3 Å². The van der Waals surface area contributed by atoms with Gasteiger partial charge >= 0.3 is 0 Å². The molecule has 0 saturated carbocycles. The molecular weight excluding hydrogens is 323 g/mol. The smallest absolute Gasteiger partial charge is 0.0491 e. The molecule has 0 bridgehead atoms. The summed E-state index contributed by atoms with van der Waals surface area (Å²) < 4.78 is 0. The van der Waals surface area contributed by atoms with Crippen LogP contribution < -0.4 is 0 Å². The van der Waals surface area contributed by atoms with Crippen LogP contribution in [0.1, 0.15) is 0 Å². The van der Waals surface area contributed by atoms with Gasteiger partial charge in [-0.05, 0) is 41.5 Å². The van der Waals surface area contributed by atoms with Crippen LogP contribution in [-0.4, -0.2) is 0 Å². The van der Waals surface area contributed by atoms with E-state index in [-0.39, 0.29) is 0 Å². The second-order valence-electron chi connectivity index (χ2n) is 4.57. The van der Waals surface area contributed by atoms with E-state index < -0.39 is 0 Å². The summed E-state index contributed by atoms with van der Waals surface area (Å²) in [6.07, 6.45) is 0. The van der Waals surface area contributed by atoms with Crippen molar-refractivity contribution in [2.45, 2.75) is 0 Å². The summed E-state index contributed by atoms with van der Waals surface area (Å²) in [5.74, 6) is 0. The van der Waals surface area contributed by atoms with Crippen LogP contribution in [0.5, 0.6) is 0 Å². The van der Waals surface area contributed by atoms with Gasteiger partial charge in [-0.2, -0.15) is 0 Å². The molecule has 0 aliphatic carbocycles. The number of halogens is 3. The molecule has 103 valence electrons. The fourth-order valence-electron chi connectivity index (χ4n) is 2.27. The Morgan fingerprint density at radius 1 is 0.762 bits per heavy atom. The fourth-order valence-corrected chi connectivity index (χ4v) is 2.95. The average molecular weight is 333 g/mol. The highest BCUT2D eigenvalue weighted by Crippen LogP contribution is 2.40. The summed E-state index contributed by atoms with van der Waals surface area (Å²) in [5.41, 5.74) is 3.60. The molecule has 0 aromatic heterocycles. The van der Waals surface area contributed by atoms with Crippen molar-refractivity contribution in [2.75, 3.05) is 0 Å². The van der Waals surface area contributed by atoms with Gasteiger partial charge in [0, 0.05) is 26.2 Å². The van der Waals surface area contributed by atoms with Crippen LogP contribution in [0, 0.1) is 6.07 Å². The van der Waals surface area contributed by atoms with Gasteiger partial charge in [-0.3, -0.25) is 0 Å². The highest BCUT2D eigenvalue weighted by molar-refractivity contribution is 6.37. The van der Waals surface area contributed by atoms with Gasteiger partial charge in [0.05, 0.1) is 0 Å². The Morgan fingerprint density at radius 2 is 1.57 bits per heavy atom. The first kappa shape index (κ1) is 14.5. The van der Waals surface area contributed by atoms with Crippen LogP contribution >= 0.6 is 34.8 Å². The third kappa shape index (κ3) is 2.94. The largest absolute Gasteiger partial charge is 0.0843 e. The zero-order valence-electron chi connectivity index (χ0n) is 10.9. The predicted octanol–water partition coefficient (Wildman–Crippen LogP) is 6.78. The SMILES string of the molecule is Clc1cccc(-c2[c]ccc(Cl)c2-c2ccccc2Cl)c1. The first-order valence-electron chi connectivity index (χ1n) is 6.38. The van der Waals surface area contributed by atoms with Crippen LogP contribution in [0.4, 0.5) is 0 Å². The molecule has 0 atom stereocenters. The molecule has 0 aliphatic rings. The lowest BCUT2D eigenvalue weighted by molar-refractivity contribution is 1.57.